The number of anilines is 1. The van der Waals surface area contributed by atoms with Crippen LogP contribution in [0.2, 0.25) is 0 Å². The monoisotopic (exact) mass is 191 g/mol. The fourth-order valence-electron chi connectivity index (χ4n) is 0.962. The SMILES string of the molecule is CC(C)=CC(=S)Nc1ccccc1. The van der Waals surface area contributed by atoms with Crippen molar-refractivity contribution in [1.29, 1.82) is 0 Å². The van der Waals surface area contributed by atoms with Crippen LogP contribution in [0.1, 0.15) is 13.8 Å². The number of rotatable bonds is 2. The molecule has 1 rings (SSSR count). The number of allylic oxidation sites excluding steroid dienone is 1. The Morgan fingerprint density at radius 1 is 1.23 bits per heavy atom. The smallest absolute Gasteiger partial charge is 0.103 e. The summed E-state index contributed by atoms with van der Waals surface area (Å²) in [5.41, 5.74) is 2.23. The van der Waals surface area contributed by atoms with Crippen molar-refractivity contribution in [3.8, 4) is 0 Å². The average molecular weight is 191 g/mol. The third-order valence-electron chi connectivity index (χ3n) is 1.46. The van der Waals surface area contributed by atoms with E-state index in [1.54, 1.807) is 0 Å². The summed E-state index contributed by atoms with van der Waals surface area (Å²) in [7, 11) is 0. The maximum absolute atomic E-state index is 5.12. The van der Waals surface area contributed by atoms with Gasteiger partial charge in [0.2, 0.25) is 0 Å². The third-order valence-corrected chi connectivity index (χ3v) is 1.68. The molecule has 68 valence electrons. The van der Waals surface area contributed by atoms with Crippen LogP contribution in [-0.2, 0) is 0 Å². The molecule has 0 radical (unpaired) electrons. The molecule has 1 nitrogen and oxygen atoms in total. The highest BCUT2D eigenvalue weighted by atomic mass is 32.1. The number of hydrogen-bond donors (Lipinski definition) is 1. The summed E-state index contributed by atoms with van der Waals surface area (Å²) in [5.74, 6) is 0. The van der Waals surface area contributed by atoms with E-state index in [1.807, 2.05) is 50.3 Å². The summed E-state index contributed by atoms with van der Waals surface area (Å²) < 4.78 is 0. The number of thiocarbonyl (C=S) groups is 1. The van der Waals surface area contributed by atoms with Gasteiger partial charge in [-0.05, 0) is 32.1 Å². The van der Waals surface area contributed by atoms with Crippen molar-refractivity contribution < 1.29 is 0 Å². The first kappa shape index (κ1) is 9.93. The Kier molecular flexibility index (Phi) is 3.65. The largest absolute Gasteiger partial charge is 0.347 e. The minimum absolute atomic E-state index is 0.756. The first-order valence-corrected chi connectivity index (χ1v) is 4.60. The van der Waals surface area contributed by atoms with Crippen LogP contribution in [0.15, 0.2) is 42.0 Å². The summed E-state index contributed by atoms with van der Waals surface area (Å²) in [4.78, 5) is 0.756. The Morgan fingerprint density at radius 2 is 1.85 bits per heavy atom. The molecular formula is C11H13NS. The zero-order valence-electron chi connectivity index (χ0n) is 7.87. The molecule has 13 heavy (non-hydrogen) atoms. The Hall–Kier alpha value is -1.15. The van der Waals surface area contributed by atoms with Gasteiger partial charge in [-0.15, -0.1) is 0 Å². The maximum Gasteiger partial charge on any atom is 0.103 e. The second-order valence-corrected chi connectivity index (χ2v) is 3.52. The molecule has 0 saturated heterocycles. The Bertz CT molecular complexity index is 310. The molecule has 0 aromatic heterocycles. The molecule has 0 aliphatic carbocycles. The fourth-order valence-corrected chi connectivity index (χ4v) is 1.32. The minimum atomic E-state index is 0.756. The molecule has 0 atom stereocenters. The molecule has 0 aliphatic rings. The van der Waals surface area contributed by atoms with Crippen LogP contribution >= 0.6 is 12.2 Å². The molecular weight excluding hydrogens is 178 g/mol. The second-order valence-electron chi connectivity index (χ2n) is 3.08. The van der Waals surface area contributed by atoms with Gasteiger partial charge < -0.3 is 5.32 Å². The van der Waals surface area contributed by atoms with Crippen LogP contribution in [-0.4, -0.2) is 4.99 Å². The first-order valence-electron chi connectivity index (χ1n) is 4.19. The standard InChI is InChI=1S/C11H13NS/c1-9(2)8-11(13)12-10-6-4-3-5-7-10/h3-8H,1-2H3,(H,12,13). The van der Waals surface area contributed by atoms with Crippen LogP contribution in [0.5, 0.6) is 0 Å². The predicted octanol–water partition coefficient (Wildman–Crippen LogP) is 3.39. The van der Waals surface area contributed by atoms with Crippen molar-refractivity contribution in [2.75, 3.05) is 5.32 Å². The van der Waals surface area contributed by atoms with E-state index >= 15 is 0 Å². The molecule has 1 aromatic rings. The van der Waals surface area contributed by atoms with Crippen LogP contribution < -0.4 is 5.32 Å². The van der Waals surface area contributed by atoms with Crippen LogP contribution in [0.3, 0.4) is 0 Å². The molecule has 0 unspecified atom stereocenters. The van der Waals surface area contributed by atoms with Gasteiger partial charge >= 0.3 is 0 Å². The highest BCUT2D eigenvalue weighted by molar-refractivity contribution is 7.81. The molecule has 0 fully saturated rings. The van der Waals surface area contributed by atoms with Crippen molar-refractivity contribution in [1.82, 2.24) is 0 Å². The molecule has 0 saturated carbocycles. The van der Waals surface area contributed by atoms with Gasteiger partial charge in [0.25, 0.3) is 0 Å². The maximum atomic E-state index is 5.12. The lowest BCUT2D eigenvalue weighted by molar-refractivity contribution is 1.40. The molecule has 2 heteroatoms. The van der Waals surface area contributed by atoms with E-state index in [9.17, 15) is 0 Å². The molecule has 0 heterocycles. The van der Waals surface area contributed by atoms with Crippen LogP contribution in [0.25, 0.3) is 0 Å². The van der Waals surface area contributed by atoms with E-state index < -0.39 is 0 Å². The van der Waals surface area contributed by atoms with Gasteiger partial charge in [0.15, 0.2) is 0 Å². The summed E-state index contributed by atoms with van der Waals surface area (Å²) in [5, 5.41) is 3.13. The summed E-state index contributed by atoms with van der Waals surface area (Å²) in [6.07, 6.45) is 1.95. The van der Waals surface area contributed by atoms with Gasteiger partial charge in [-0.1, -0.05) is 36.0 Å². The summed E-state index contributed by atoms with van der Waals surface area (Å²) >= 11 is 5.12. The van der Waals surface area contributed by atoms with E-state index in [4.69, 9.17) is 12.2 Å². The molecule has 0 aliphatic heterocycles. The van der Waals surface area contributed by atoms with Crippen LogP contribution in [0.4, 0.5) is 5.69 Å². The minimum Gasteiger partial charge on any atom is -0.347 e. The Labute approximate surface area is 84.5 Å². The van der Waals surface area contributed by atoms with Crippen LogP contribution in [0, 0.1) is 0 Å². The number of para-hydroxylation sites is 1. The predicted molar refractivity (Wildman–Crippen MR) is 62.1 cm³/mol. The molecule has 1 aromatic carbocycles. The van der Waals surface area contributed by atoms with Crippen molar-refractivity contribution >= 4 is 22.9 Å². The van der Waals surface area contributed by atoms with Crippen molar-refractivity contribution in [3.05, 3.63) is 42.0 Å². The van der Waals surface area contributed by atoms with Gasteiger partial charge in [-0.2, -0.15) is 0 Å². The molecule has 0 spiro atoms. The zero-order valence-corrected chi connectivity index (χ0v) is 8.69. The lowest BCUT2D eigenvalue weighted by Gasteiger charge is -2.03. The van der Waals surface area contributed by atoms with E-state index in [2.05, 4.69) is 5.32 Å². The highest BCUT2D eigenvalue weighted by Crippen LogP contribution is 2.05. The lowest BCUT2D eigenvalue weighted by Crippen LogP contribution is -2.05. The Balaban J connectivity index is 2.61. The number of benzene rings is 1. The molecule has 0 bridgehead atoms. The van der Waals surface area contributed by atoms with Gasteiger partial charge in [0.05, 0.1) is 0 Å². The van der Waals surface area contributed by atoms with E-state index in [1.165, 1.54) is 5.57 Å². The van der Waals surface area contributed by atoms with Crippen molar-refractivity contribution in [3.63, 3.8) is 0 Å². The molecule has 1 N–H and O–H groups in total. The normalized spacial score (nSPS) is 9.08. The topological polar surface area (TPSA) is 12.0 Å². The molecule has 0 amide bonds. The van der Waals surface area contributed by atoms with Gasteiger partial charge in [-0.3, -0.25) is 0 Å². The number of nitrogens with one attached hydrogen (secondary N) is 1. The van der Waals surface area contributed by atoms with Crippen molar-refractivity contribution in [2.24, 2.45) is 0 Å². The van der Waals surface area contributed by atoms with E-state index in [0.29, 0.717) is 0 Å². The summed E-state index contributed by atoms with van der Waals surface area (Å²) in [6.45, 7) is 4.05. The average Bonchev–Trinajstić information content (AvgIpc) is 2.04. The zero-order chi connectivity index (χ0) is 9.68. The van der Waals surface area contributed by atoms with E-state index in [-0.39, 0.29) is 0 Å². The quantitative estimate of drug-likeness (QED) is 0.568. The summed E-state index contributed by atoms with van der Waals surface area (Å²) in [6, 6.07) is 9.92. The van der Waals surface area contributed by atoms with Crippen molar-refractivity contribution in [2.45, 2.75) is 13.8 Å². The van der Waals surface area contributed by atoms with Gasteiger partial charge in [-0.25, -0.2) is 0 Å². The van der Waals surface area contributed by atoms with Gasteiger partial charge in [0, 0.05) is 5.69 Å². The second kappa shape index (κ2) is 4.77. The number of hydrogen-bond acceptors (Lipinski definition) is 1. The van der Waals surface area contributed by atoms with E-state index in [0.717, 1.165) is 10.7 Å². The first-order chi connectivity index (χ1) is 6.18. The van der Waals surface area contributed by atoms with Gasteiger partial charge in [0.1, 0.15) is 4.99 Å². The third kappa shape index (κ3) is 3.85. The Morgan fingerprint density at radius 3 is 2.38 bits per heavy atom. The fraction of sp³-hybridized carbons (Fsp3) is 0.182. The highest BCUT2D eigenvalue weighted by Gasteiger charge is 1.92. The lowest BCUT2D eigenvalue weighted by atomic mass is 10.3.